The number of ether oxygens (including phenoxy) is 2. The summed E-state index contributed by atoms with van der Waals surface area (Å²) in [4.78, 5) is 0. The third kappa shape index (κ3) is 2.57. The first kappa shape index (κ1) is 12.8. The van der Waals surface area contributed by atoms with Crippen LogP contribution >= 0.6 is 0 Å². The van der Waals surface area contributed by atoms with Gasteiger partial charge in [0.25, 0.3) is 0 Å². The third-order valence-corrected chi connectivity index (χ3v) is 4.14. The van der Waals surface area contributed by atoms with Gasteiger partial charge in [-0.25, -0.2) is 0 Å². The van der Waals surface area contributed by atoms with Crippen LogP contribution in [0, 0.1) is 0 Å². The maximum atomic E-state index is 5.96. The molecule has 1 fully saturated rings. The summed E-state index contributed by atoms with van der Waals surface area (Å²) in [7, 11) is 0. The molecule has 3 nitrogen and oxygen atoms in total. The lowest BCUT2D eigenvalue weighted by Gasteiger charge is -2.26. The Morgan fingerprint density at radius 1 is 1.21 bits per heavy atom. The summed E-state index contributed by atoms with van der Waals surface area (Å²) in [6.45, 7) is 5.99. The predicted octanol–water partition coefficient (Wildman–Crippen LogP) is 2.88. The third-order valence-electron chi connectivity index (χ3n) is 4.14. The maximum Gasteiger partial charge on any atom is 0.164 e. The molecule has 0 aromatic heterocycles. The molecule has 0 radical (unpaired) electrons. The molecule has 1 aromatic rings. The van der Waals surface area contributed by atoms with E-state index in [1.165, 1.54) is 24.0 Å². The molecule has 2 aliphatic heterocycles. The van der Waals surface area contributed by atoms with Crippen LogP contribution in [0.4, 0.5) is 0 Å². The van der Waals surface area contributed by atoms with Crippen LogP contribution in [0.15, 0.2) is 12.1 Å². The van der Waals surface area contributed by atoms with Gasteiger partial charge in [0.2, 0.25) is 0 Å². The molecule has 0 bridgehead atoms. The van der Waals surface area contributed by atoms with Gasteiger partial charge in [-0.2, -0.15) is 0 Å². The van der Waals surface area contributed by atoms with E-state index in [1.807, 2.05) is 0 Å². The van der Waals surface area contributed by atoms with Crippen molar-refractivity contribution in [3.8, 4) is 11.5 Å². The SMILES string of the molecule is CCc1c(C2CCCNC2)ccc2c1OCCCO2. The quantitative estimate of drug-likeness (QED) is 0.888. The number of piperidine rings is 1. The van der Waals surface area contributed by atoms with Crippen molar-refractivity contribution < 1.29 is 9.47 Å². The highest BCUT2D eigenvalue weighted by molar-refractivity contribution is 5.52. The van der Waals surface area contributed by atoms with Gasteiger partial charge in [0.05, 0.1) is 13.2 Å². The lowest BCUT2D eigenvalue weighted by Crippen LogP contribution is -2.29. The lowest BCUT2D eigenvalue weighted by molar-refractivity contribution is 0.296. The smallest absolute Gasteiger partial charge is 0.164 e. The Morgan fingerprint density at radius 2 is 2.11 bits per heavy atom. The van der Waals surface area contributed by atoms with Crippen LogP contribution in [0.1, 0.15) is 43.2 Å². The first-order valence-corrected chi connectivity index (χ1v) is 7.52. The Labute approximate surface area is 115 Å². The number of hydrogen-bond donors (Lipinski definition) is 1. The number of nitrogens with one attached hydrogen (secondary N) is 1. The highest BCUT2D eigenvalue weighted by Gasteiger charge is 2.23. The number of hydrogen-bond acceptors (Lipinski definition) is 3. The summed E-state index contributed by atoms with van der Waals surface area (Å²) < 4.78 is 11.7. The van der Waals surface area contributed by atoms with Crippen LogP contribution in [0.5, 0.6) is 11.5 Å². The predicted molar refractivity (Wildman–Crippen MR) is 76.3 cm³/mol. The molecule has 1 saturated heterocycles. The van der Waals surface area contributed by atoms with Crippen LogP contribution in [-0.4, -0.2) is 26.3 Å². The summed E-state index contributed by atoms with van der Waals surface area (Å²) in [5.41, 5.74) is 2.81. The Balaban J connectivity index is 1.97. The monoisotopic (exact) mass is 261 g/mol. The van der Waals surface area contributed by atoms with E-state index in [4.69, 9.17) is 9.47 Å². The molecular formula is C16H23NO2. The number of rotatable bonds is 2. The van der Waals surface area contributed by atoms with E-state index in [2.05, 4.69) is 24.4 Å². The highest BCUT2D eigenvalue weighted by Crippen LogP contribution is 2.39. The van der Waals surface area contributed by atoms with Gasteiger partial charge in [0.1, 0.15) is 0 Å². The number of benzene rings is 1. The molecule has 2 aliphatic rings. The molecule has 3 heteroatoms. The van der Waals surface area contributed by atoms with E-state index in [0.29, 0.717) is 5.92 Å². The molecule has 0 amide bonds. The summed E-state index contributed by atoms with van der Waals surface area (Å²) >= 11 is 0. The van der Waals surface area contributed by atoms with Crippen LogP contribution in [-0.2, 0) is 6.42 Å². The molecule has 19 heavy (non-hydrogen) atoms. The molecule has 1 unspecified atom stereocenters. The second kappa shape index (κ2) is 5.83. The van der Waals surface area contributed by atoms with Crippen LogP contribution < -0.4 is 14.8 Å². The molecule has 0 spiro atoms. The van der Waals surface area contributed by atoms with Gasteiger partial charge in [-0.1, -0.05) is 13.0 Å². The van der Waals surface area contributed by atoms with Crippen molar-refractivity contribution in [1.82, 2.24) is 5.32 Å². The van der Waals surface area contributed by atoms with Gasteiger partial charge >= 0.3 is 0 Å². The summed E-state index contributed by atoms with van der Waals surface area (Å²) in [6.07, 6.45) is 4.53. The maximum absolute atomic E-state index is 5.96. The van der Waals surface area contributed by atoms with Gasteiger partial charge in [-0.15, -0.1) is 0 Å². The molecule has 0 saturated carbocycles. The summed E-state index contributed by atoms with van der Waals surface area (Å²) in [6, 6.07) is 4.35. The molecule has 1 aromatic carbocycles. The molecule has 3 rings (SSSR count). The number of fused-ring (bicyclic) bond motifs is 1. The summed E-state index contributed by atoms with van der Waals surface area (Å²) in [5.74, 6) is 2.56. The second-order valence-electron chi connectivity index (χ2n) is 5.41. The van der Waals surface area contributed by atoms with E-state index >= 15 is 0 Å². The van der Waals surface area contributed by atoms with Gasteiger partial charge < -0.3 is 14.8 Å². The first-order valence-electron chi connectivity index (χ1n) is 7.52. The van der Waals surface area contributed by atoms with Crippen molar-refractivity contribution in [3.63, 3.8) is 0 Å². The van der Waals surface area contributed by atoms with Crippen molar-refractivity contribution in [2.45, 2.75) is 38.5 Å². The van der Waals surface area contributed by atoms with Crippen molar-refractivity contribution in [2.75, 3.05) is 26.3 Å². The van der Waals surface area contributed by atoms with Crippen molar-refractivity contribution in [1.29, 1.82) is 0 Å². The van der Waals surface area contributed by atoms with Crippen molar-refractivity contribution >= 4 is 0 Å². The fourth-order valence-electron chi connectivity index (χ4n) is 3.17. The van der Waals surface area contributed by atoms with E-state index in [9.17, 15) is 0 Å². The normalized spacial score (nSPS) is 22.9. The first-order chi connectivity index (χ1) is 9.40. The fraction of sp³-hybridized carbons (Fsp3) is 0.625. The topological polar surface area (TPSA) is 30.5 Å². The van der Waals surface area contributed by atoms with E-state index in [-0.39, 0.29) is 0 Å². The molecule has 0 aliphatic carbocycles. The Hall–Kier alpha value is -1.22. The average molecular weight is 261 g/mol. The van der Waals surface area contributed by atoms with Gasteiger partial charge in [0, 0.05) is 18.5 Å². The van der Waals surface area contributed by atoms with Crippen LogP contribution in [0.3, 0.4) is 0 Å². The van der Waals surface area contributed by atoms with E-state index < -0.39 is 0 Å². The minimum atomic E-state index is 0.626. The molecule has 104 valence electrons. The zero-order chi connectivity index (χ0) is 13.1. The largest absolute Gasteiger partial charge is 0.490 e. The lowest BCUT2D eigenvalue weighted by atomic mass is 9.87. The molecule has 2 heterocycles. The van der Waals surface area contributed by atoms with Gasteiger partial charge in [0.15, 0.2) is 11.5 Å². The van der Waals surface area contributed by atoms with Crippen molar-refractivity contribution in [3.05, 3.63) is 23.3 Å². The zero-order valence-electron chi connectivity index (χ0n) is 11.7. The van der Waals surface area contributed by atoms with Gasteiger partial charge in [-0.3, -0.25) is 0 Å². The fourth-order valence-corrected chi connectivity index (χ4v) is 3.17. The standard InChI is InChI=1S/C16H23NO2/c1-2-13-14(12-5-3-8-17-11-12)6-7-15-16(13)19-10-4-9-18-15/h6-7,12,17H,2-5,8-11H2,1H3. The Kier molecular flexibility index (Phi) is 3.92. The minimum absolute atomic E-state index is 0.626. The minimum Gasteiger partial charge on any atom is -0.490 e. The van der Waals surface area contributed by atoms with Crippen LogP contribution in [0.2, 0.25) is 0 Å². The van der Waals surface area contributed by atoms with E-state index in [0.717, 1.165) is 50.6 Å². The van der Waals surface area contributed by atoms with Crippen molar-refractivity contribution in [2.24, 2.45) is 0 Å². The van der Waals surface area contributed by atoms with Crippen LogP contribution in [0.25, 0.3) is 0 Å². The molecule has 1 atom stereocenters. The van der Waals surface area contributed by atoms with E-state index in [1.54, 1.807) is 0 Å². The zero-order valence-corrected chi connectivity index (χ0v) is 11.7. The average Bonchev–Trinajstić information content (AvgIpc) is 2.72. The highest BCUT2D eigenvalue weighted by atomic mass is 16.5. The second-order valence-corrected chi connectivity index (χ2v) is 5.41. The Bertz CT molecular complexity index is 439. The molecular weight excluding hydrogens is 238 g/mol. The van der Waals surface area contributed by atoms with Gasteiger partial charge in [-0.05, 0) is 43.4 Å². The molecule has 1 N–H and O–H groups in total. The summed E-state index contributed by atoms with van der Waals surface area (Å²) in [5, 5.41) is 3.50. The Morgan fingerprint density at radius 3 is 2.89 bits per heavy atom.